The molecule has 3 aromatic rings. The summed E-state index contributed by atoms with van der Waals surface area (Å²) < 4.78 is 11.6. The van der Waals surface area contributed by atoms with Crippen molar-refractivity contribution < 1.29 is 24.2 Å². The molecule has 1 N–H and O–H groups in total. The van der Waals surface area contributed by atoms with E-state index in [4.69, 9.17) is 9.47 Å². The first-order valence-electron chi connectivity index (χ1n) is 9.80. The largest absolute Gasteiger partial charge is 0.507 e. The van der Waals surface area contributed by atoms with E-state index in [0.717, 1.165) is 4.47 Å². The van der Waals surface area contributed by atoms with E-state index in [-0.39, 0.29) is 11.3 Å². The summed E-state index contributed by atoms with van der Waals surface area (Å²) in [6.45, 7) is 0. The van der Waals surface area contributed by atoms with Crippen LogP contribution in [0, 0.1) is 0 Å². The van der Waals surface area contributed by atoms with Crippen molar-refractivity contribution in [3.63, 3.8) is 0 Å². The molecule has 1 unspecified atom stereocenters. The minimum Gasteiger partial charge on any atom is -0.507 e. The van der Waals surface area contributed by atoms with Crippen molar-refractivity contribution in [1.82, 2.24) is 0 Å². The summed E-state index contributed by atoms with van der Waals surface area (Å²) in [6.07, 6.45) is 0. The number of ether oxygens (including phenoxy) is 2. The molecule has 4 rings (SSSR count). The Morgan fingerprint density at radius 1 is 0.906 bits per heavy atom. The molecule has 6 nitrogen and oxygen atoms in total. The number of hydrogen-bond donors (Lipinski definition) is 1. The fourth-order valence-corrected chi connectivity index (χ4v) is 4.05. The van der Waals surface area contributed by atoms with Crippen LogP contribution in [0.3, 0.4) is 0 Å². The van der Waals surface area contributed by atoms with Gasteiger partial charge in [0.15, 0.2) is 11.5 Å². The topological polar surface area (TPSA) is 76.1 Å². The van der Waals surface area contributed by atoms with Gasteiger partial charge in [0.2, 0.25) is 0 Å². The molecule has 162 valence electrons. The Balaban J connectivity index is 1.96. The van der Waals surface area contributed by atoms with Gasteiger partial charge in [0.25, 0.3) is 11.7 Å². The van der Waals surface area contributed by atoms with Crippen molar-refractivity contribution in [1.29, 1.82) is 0 Å². The van der Waals surface area contributed by atoms with Crippen LogP contribution in [0.1, 0.15) is 17.2 Å². The highest BCUT2D eigenvalue weighted by Gasteiger charge is 2.47. The molecule has 0 saturated carbocycles. The Kier molecular flexibility index (Phi) is 6.01. The van der Waals surface area contributed by atoms with E-state index in [2.05, 4.69) is 15.9 Å². The maximum atomic E-state index is 13.2. The fourth-order valence-electron chi connectivity index (χ4n) is 3.79. The first kappa shape index (κ1) is 21.6. The molecule has 1 fully saturated rings. The van der Waals surface area contributed by atoms with E-state index in [0.29, 0.717) is 28.3 Å². The number of methoxy groups -OCH3 is 2. The molecule has 0 aliphatic carbocycles. The van der Waals surface area contributed by atoms with Crippen LogP contribution in [-0.2, 0) is 9.59 Å². The predicted molar refractivity (Wildman–Crippen MR) is 125 cm³/mol. The molecular formula is C25H20BrNO5. The first-order chi connectivity index (χ1) is 15.5. The van der Waals surface area contributed by atoms with Crippen molar-refractivity contribution in [2.45, 2.75) is 6.04 Å². The molecular weight excluding hydrogens is 474 g/mol. The first-order valence-corrected chi connectivity index (χ1v) is 10.6. The second kappa shape index (κ2) is 8.88. The molecule has 1 aliphatic rings. The number of carbonyl (C=O) groups is 2. The summed E-state index contributed by atoms with van der Waals surface area (Å²) in [5, 5.41) is 11.1. The number of halogens is 1. The standard InChI is InChI=1S/C25H20BrNO5/c1-31-19-13-10-16(14-20(19)32-2)22-21(23(28)15-8-11-17(26)12-9-15)24(29)25(30)27(22)18-6-4-3-5-7-18/h3-14,22,28H,1-2H3. The van der Waals surface area contributed by atoms with Crippen LogP contribution in [0.5, 0.6) is 11.5 Å². The number of hydrogen-bond acceptors (Lipinski definition) is 5. The number of amides is 1. The number of nitrogens with zero attached hydrogens (tertiary/aromatic N) is 1. The van der Waals surface area contributed by atoms with Crippen molar-refractivity contribution in [2.24, 2.45) is 0 Å². The van der Waals surface area contributed by atoms with E-state index >= 15 is 0 Å². The van der Waals surface area contributed by atoms with Crippen LogP contribution in [0.4, 0.5) is 5.69 Å². The predicted octanol–water partition coefficient (Wildman–Crippen LogP) is 5.09. The monoisotopic (exact) mass is 493 g/mol. The highest BCUT2D eigenvalue weighted by atomic mass is 79.9. The summed E-state index contributed by atoms with van der Waals surface area (Å²) in [5.74, 6) is -0.745. The average molecular weight is 494 g/mol. The summed E-state index contributed by atoms with van der Waals surface area (Å²) in [6, 6.07) is 20.1. The number of Topliss-reactive ketones (excluding diaryl/α,β-unsaturated/α-hetero) is 1. The summed E-state index contributed by atoms with van der Waals surface area (Å²) in [7, 11) is 3.04. The molecule has 32 heavy (non-hydrogen) atoms. The van der Waals surface area contributed by atoms with Crippen LogP contribution in [0.15, 0.2) is 82.8 Å². The van der Waals surface area contributed by atoms with E-state index < -0.39 is 17.7 Å². The number of rotatable bonds is 5. The van der Waals surface area contributed by atoms with E-state index in [1.54, 1.807) is 66.7 Å². The molecule has 1 aliphatic heterocycles. The maximum Gasteiger partial charge on any atom is 0.300 e. The second-order valence-electron chi connectivity index (χ2n) is 7.13. The van der Waals surface area contributed by atoms with Gasteiger partial charge in [-0.05, 0) is 42.0 Å². The lowest BCUT2D eigenvalue weighted by Crippen LogP contribution is -2.29. The highest BCUT2D eigenvalue weighted by molar-refractivity contribution is 9.10. The molecule has 0 aromatic heterocycles. The third-order valence-corrected chi connectivity index (χ3v) is 5.85. The molecule has 0 radical (unpaired) electrons. The Hall–Kier alpha value is -3.58. The third-order valence-electron chi connectivity index (χ3n) is 5.32. The van der Waals surface area contributed by atoms with Crippen molar-refractivity contribution in [3.05, 3.63) is 94.0 Å². The van der Waals surface area contributed by atoms with Gasteiger partial charge in [-0.3, -0.25) is 14.5 Å². The fraction of sp³-hybridized carbons (Fsp3) is 0.120. The van der Waals surface area contributed by atoms with E-state index in [9.17, 15) is 14.7 Å². The van der Waals surface area contributed by atoms with Crippen LogP contribution in [-0.4, -0.2) is 31.0 Å². The molecule has 1 atom stereocenters. The van der Waals surface area contributed by atoms with Crippen LogP contribution < -0.4 is 14.4 Å². The van der Waals surface area contributed by atoms with Gasteiger partial charge in [0.1, 0.15) is 5.76 Å². The third kappa shape index (κ3) is 3.76. The number of carbonyl (C=O) groups excluding carboxylic acids is 2. The van der Waals surface area contributed by atoms with Gasteiger partial charge in [-0.1, -0.05) is 52.3 Å². The minimum absolute atomic E-state index is 0.00777. The summed E-state index contributed by atoms with van der Waals surface area (Å²) >= 11 is 3.36. The molecule has 1 saturated heterocycles. The van der Waals surface area contributed by atoms with Crippen LogP contribution in [0.2, 0.25) is 0 Å². The number of benzene rings is 3. The Morgan fingerprint density at radius 2 is 1.56 bits per heavy atom. The average Bonchev–Trinajstić information content (AvgIpc) is 3.09. The van der Waals surface area contributed by atoms with Gasteiger partial charge >= 0.3 is 0 Å². The lowest BCUT2D eigenvalue weighted by Gasteiger charge is -2.26. The normalized spacial score (nSPS) is 17.5. The van der Waals surface area contributed by atoms with Crippen molar-refractivity contribution >= 4 is 39.1 Å². The van der Waals surface area contributed by atoms with Gasteiger partial charge in [0.05, 0.1) is 25.8 Å². The number of aliphatic hydroxyl groups excluding tert-OH is 1. The number of para-hydroxylation sites is 1. The molecule has 1 heterocycles. The Labute approximate surface area is 193 Å². The summed E-state index contributed by atoms with van der Waals surface area (Å²) in [4.78, 5) is 27.7. The van der Waals surface area contributed by atoms with Crippen LogP contribution in [0.25, 0.3) is 5.76 Å². The van der Waals surface area contributed by atoms with Gasteiger partial charge in [-0.15, -0.1) is 0 Å². The zero-order valence-corrected chi connectivity index (χ0v) is 19.0. The molecule has 1 amide bonds. The molecule has 7 heteroatoms. The number of aliphatic hydroxyl groups is 1. The van der Waals surface area contributed by atoms with E-state index in [1.807, 2.05) is 6.07 Å². The number of ketones is 1. The lowest BCUT2D eigenvalue weighted by molar-refractivity contribution is -0.132. The minimum atomic E-state index is -0.846. The summed E-state index contributed by atoms with van der Waals surface area (Å²) in [5.41, 5.74) is 1.59. The molecule has 0 spiro atoms. The molecule has 3 aromatic carbocycles. The quantitative estimate of drug-likeness (QED) is 0.304. The highest BCUT2D eigenvalue weighted by Crippen LogP contribution is 2.44. The second-order valence-corrected chi connectivity index (χ2v) is 8.04. The zero-order chi connectivity index (χ0) is 22.8. The smallest absolute Gasteiger partial charge is 0.300 e. The van der Waals surface area contributed by atoms with Gasteiger partial charge < -0.3 is 14.6 Å². The van der Waals surface area contributed by atoms with E-state index in [1.165, 1.54) is 19.1 Å². The van der Waals surface area contributed by atoms with Crippen molar-refractivity contribution in [3.8, 4) is 11.5 Å². The van der Waals surface area contributed by atoms with Crippen LogP contribution >= 0.6 is 15.9 Å². The van der Waals surface area contributed by atoms with Gasteiger partial charge in [0, 0.05) is 15.7 Å². The van der Waals surface area contributed by atoms with Crippen molar-refractivity contribution in [2.75, 3.05) is 19.1 Å². The van der Waals surface area contributed by atoms with Gasteiger partial charge in [-0.2, -0.15) is 0 Å². The maximum absolute atomic E-state index is 13.2. The Morgan fingerprint density at radius 3 is 2.19 bits per heavy atom. The lowest BCUT2D eigenvalue weighted by atomic mass is 9.94. The Bertz CT molecular complexity index is 1200. The van der Waals surface area contributed by atoms with Gasteiger partial charge in [-0.25, -0.2) is 0 Å². The number of anilines is 1. The zero-order valence-electron chi connectivity index (χ0n) is 17.4. The SMILES string of the molecule is COc1ccc(C2C(=C(O)c3ccc(Br)cc3)C(=O)C(=O)N2c2ccccc2)cc1OC. The molecule has 0 bridgehead atoms.